The molecule has 1 aromatic rings. The van der Waals surface area contributed by atoms with Crippen LogP contribution < -0.4 is 27.0 Å². The van der Waals surface area contributed by atoms with Crippen LogP contribution >= 0.6 is 0 Å². The highest BCUT2D eigenvalue weighted by atomic mass is 16.6. The number of aliphatic imine (C=N–C) groups is 1. The highest BCUT2D eigenvalue weighted by Gasteiger charge is 2.25. The molecule has 15 heteroatoms. The SMILES string of the molecule is Cn1ncc(NC(=O)[C@H](CCCCNC(=O)O)N=C(NC(=O)OC(C)(C)C)NC(=O)OC(C)(C)C)c1N. The number of alkyl carbamates (subject to hydrolysis) is 2. The van der Waals surface area contributed by atoms with E-state index in [1.165, 1.54) is 10.9 Å². The summed E-state index contributed by atoms with van der Waals surface area (Å²) in [6, 6.07) is -1.12. The molecule has 0 saturated heterocycles. The molecule has 0 radical (unpaired) electrons. The van der Waals surface area contributed by atoms with Crippen LogP contribution in [-0.2, 0) is 21.3 Å². The normalized spacial score (nSPS) is 12.1. The summed E-state index contributed by atoms with van der Waals surface area (Å²) in [6.45, 7) is 10.1. The fourth-order valence-corrected chi connectivity index (χ4v) is 2.72. The molecular weight excluding hydrogens is 488 g/mol. The van der Waals surface area contributed by atoms with Crippen LogP contribution in [0.5, 0.6) is 0 Å². The lowest BCUT2D eigenvalue weighted by molar-refractivity contribution is -0.117. The van der Waals surface area contributed by atoms with Crippen LogP contribution in [0.25, 0.3) is 0 Å². The highest BCUT2D eigenvalue weighted by molar-refractivity contribution is 6.04. The molecular formula is C22H38N8O7. The van der Waals surface area contributed by atoms with E-state index < -0.39 is 41.4 Å². The van der Waals surface area contributed by atoms with Crippen molar-refractivity contribution >= 4 is 41.7 Å². The lowest BCUT2D eigenvalue weighted by Gasteiger charge is -2.23. The minimum atomic E-state index is -1.16. The van der Waals surface area contributed by atoms with Gasteiger partial charge in [0.25, 0.3) is 0 Å². The summed E-state index contributed by atoms with van der Waals surface area (Å²) < 4.78 is 11.8. The van der Waals surface area contributed by atoms with Crippen LogP contribution in [-0.4, -0.2) is 68.8 Å². The number of ether oxygens (including phenoxy) is 2. The summed E-state index contributed by atoms with van der Waals surface area (Å²) in [7, 11) is 1.60. The van der Waals surface area contributed by atoms with Crippen molar-refractivity contribution in [3.05, 3.63) is 6.20 Å². The molecule has 1 rings (SSSR count). The molecule has 37 heavy (non-hydrogen) atoms. The molecule has 0 fully saturated rings. The fourth-order valence-electron chi connectivity index (χ4n) is 2.72. The molecule has 7 N–H and O–H groups in total. The van der Waals surface area contributed by atoms with Crippen molar-refractivity contribution in [3.63, 3.8) is 0 Å². The molecule has 0 aliphatic rings. The number of nitrogens with zero attached hydrogens (tertiary/aromatic N) is 3. The van der Waals surface area contributed by atoms with Crippen LogP contribution in [0.4, 0.5) is 25.9 Å². The first-order valence-corrected chi connectivity index (χ1v) is 11.6. The van der Waals surface area contributed by atoms with E-state index in [2.05, 4.69) is 31.4 Å². The van der Waals surface area contributed by atoms with E-state index in [9.17, 15) is 19.2 Å². The number of amides is 4. The van der Waals surface area contributed by atoms with Crippen LogP contribution in [0.2, 0.25) is 0 Å². The second kappa shape index (κ2) is 13.3. The number of hydrogen-bond donors (Lipinski definition) is 6. The maximum Gasteiger partial charge on any atom is 0.414 e. The van der Waals surface area contributed by atoms with Gasteiger partial charge in [-0.05, 0) is 60.8 Å². The van der Waals surface area contributed by atoms with Gasteiger partial charge in [0.2, 0.25) is 11.9 Å². The highest BCUT2D eigenvalue weighted by Crippen LogP contribution is 2.18. The van der Waals surface area contributed by atoms with Crippen molar-refractivity contribution in [2.75, 3.05) is 17.6 Å². The number of anilines is 2. The zero-order valence-electron chi connectivity index (χ0n) is 22.3. The molecule has 1 atom stereocenters. The fraction of sp³-hybridized carbons (Fsp3) is 0.636. The minimum Gasteiger partial charge on any atom is -0.465 e. The van der Waals surface area contributed by atoms with Crippen molar-refractivity contribution in [1.29, 1.82) is 0 Å². The third-order valence-electron chi connectivity index (χ3n) is 4.25. The van der Waals surface area contributed by atoms with Crippen molar-refractivity contribution in [3.8, 4) is 0 Å². The van der Waals surface area contributed by atoms with E-state index in [-0.39, 0.29) is 30.4 Å². The van der Waals surface area contributed by atoms with Crippen molar-refractivity contribution in [2.24, 2.45) is 12.0 Å². The van der Waals surface area contributed by atoms with Gasteiger partial charge in [-0.3, -0.25) is 20.1 Å². The van der Waals surface area contributed by atoms with Gasteiger partial charge < -0.3 is 30.9 Å². The van der Waals surface area contributed by atoms with E-state index in [0.717, 1.165) is 0 Å². The number of carbonyl (C=O) groups excluding carboxylic acids is 3. The molecule has 1 heterocycles. The van der Waals surface area contributed by atoms with Crippen molar-refractivity contribution < 1.29 is 33.8 Å². The summed E-state index contributed by atoms with van der Waals surface area (Å²) in [6.07, 6.45) is -0.685. The predicted molar refractivity (Wildman–Crippen MR) is 136 cm³/mol. The number of aryl methyl sites for hydroxylation is 1. The summed E-state index contributed by atoms with van der Waals surface area (Å²) in [5.41, 5.74) is 4.48. The quantitative estimate of drug-likeness (QED) is 0.166. The van der Waals surface area contributed by atoms with E-state index in [1.807, 2.05) is 0 Å². The summed E-state index contributed by atoms with van der Waals surface area (Å²) >= 11 is 0. The Bertz CT molecular complexity index is 960. The number of nitrogens with two attached hydrogens (primary N) is 1. The zero-order chi connectivity index (χ0) is 28.4. The Morgan fingerprint density at radius 2 is 1.59 bits per heavy atom. The van der Waals surface area contributed by atoms with Gasteiger partial charge in [0, 0.05) is 13.6 Å². The molecule has 0 aliphatic carbocycles. The topological polar surface area (TPSA) is 211 Å². The second-order valence-electron chi connectivity index (χ2n) is 10.0. The Balaban J connectivity index is 3.20. The van der Waals surface area contributed by atoms with E-state index >= 15 is 0 Å². The molecule has 0 saturated carbocycles. The van der Waals surface area contributed by atoms with Gasteiger partial charge in [0.1, 0.15) is 28.7 Å². The molecule has 0 bridgehead atoms. The Morgan fingerprint density at radius 1 is 1.05 bits per heavy atom. The number of rotatable bonds is 8. The lowest BCUT2D eigenvalue weighted by atomic mass is 10.1. The van der Waals surface area contributed by atoms with Gasteiger partial charge in [-0.15, -0.1) is 0 Å². The van der Waals surface area contributed by atoms with Crippen molar-refractivity contribution in [1.82, 2.24) is 25.7 Å². The van der Waals surface area contributed by atoms with Crippen molar-refractivity contribution in [2.45, 2.75) is 78.0 Å². The minimum absolute atomic E-state index is 0.142. The Morgan fingerprint density at radius 3 is 2.03 bits per heavy atom. The van der Waals surface area contributed by atoms with Gasteiger partial charge >= 0.3 is 18.3 Å². The van der Waals surface area contributed by atoms with Gasteiger partial charge in [0.05, 0.1) is 6.20 Å². The predicted octanol–water partition coefficient (Wildman–Crippen LogP) is 2.15. The lowest BCUT2D eigenvalue weighted by Crippen LogP contribution is -2.48. The number of guanidine groups is 1. The number of nitrogens with one attached hydrogen (secondary N) is 4. The third kappa shape index (κ3) is 13.0. The smallest absolute Gasteiger partial charge is 0.414 e. The van der Waals surface area contributed by atoms with Crippen LogP contribution in [0.1, 0.15) is 60.8 Å². The van der Waals surface area contributed by atoms with E-state index in [0.29, 0.717) is 12.8 Å². The first-order valence-electron chi connectivity index (χ1n) is 11.6. The Kier molecular flexibility index (Phi) is 11.2. The molecule has 0 unspecified atom stereocenters. The molecule has 208 valence electrons. The van der Waals surface area contributed by atoms with Crippen LogP contribution in [0.15, 0.2) is 11.2 Å². The van der Waals surface area contributed by atoms with Crippen LogP contribution in [0.3, 0.4) is 0 Å². The molecule has 4 amide bonds. The number of aromatic nitrogens is 2. The summed E-state index contributed by atoms with van der Waals surface area (Å²) in [4.78, 5) is 52.8. The summed E-state index contributed by atoms with van der Waals surface area (Å²) in [5.74, 6) is -0.757. The zero-order valence-corrected chi connectivity index (χ0v) is 22.3. The molecule has 15 nitrogen and oxygen atoms in total. The van der Waals surface area contributed by atoms with Gasteiger partial charge in [-0.2, -0.15) is 5.10 Å². The monoisotopic (exact) mass is 526 g/mol. The first-order chi connectivity index (χ1) is 17.0. The van der Waals surface area contributed by atoms with Gasteiger partial charge in [-0.1, -0.05) is 0 Å². The molecule has 0 aliphatic heterocycles. The standard InChI is InChI=1S/C22H38N8O7/c1-21(2,3)36-19(34)28-17(29-20(35)37-22(4,5)6)27-13(10-8-9-11-24-18(32)33)16(31)26-14-12-25-30(7)15(14)23/h12-13,24H,8-11,23H2,1-7H3,(H,26,31)(H,32,33)(H2,27,28,29,34,35)/t13-/m0/s1. The van der Waals surface area contributed by atoms with Crippen LogP contribution in [0, 0.1) is 0 Å². The Labute approximate surface area is 215 Å². The summed E-state index contributed by atoms with van der Waals surface area (Å²) in [5, 5.41) is 22.2. The number of nitrogen functional groups attached to an aromatic ring is 1. The van der Waals surface area contributed by atoms with Gasteiger partial charge in [0.15, 0.2) is 0 Å². The second-order valence-corrected chi connectivity index (χ2v) is 10.0. The third-order valence-corrected chi connectivity index (χ3v) is 4.25. The van der Waals surface area contributed by atoms with E-state index in [4.69, 9.17) is 20.3 Å². The van der Waals surface area contributed by atoms with Gasteiger partial charge in [-0.25, -0.2) is 19.4 Å². The number of hydrogen-bond acceptors (Lipinski definition) is 9. The maximum absolute atomic E-state index is 13.1. The maximum atomic E-state index is 13.1. The molecule has 0 aromatic carbocycles. The largest absolute Gasteiger partial charge is 0.465 e. The number of carboxylic acid groups (broad SMARTS) is 1. The molecule has 0 spiro atoms. The average Bonchev–Trinajstić information content (AvgIpc) is 3.01. The number of unbranched alkanes of at least 4 members (excludes halogenated alkanes) is 1. The Hall–Kier alpha value is -4.04. The molecule has 1 aromatic heterocycles. The average molecular weight is 527 g/mol. The number of carbonyl (C=O) groups is 4. The first kappa shape index (κ1) is 31.0. The van der Waals surface area contributed by atoms with E-state index in [1.54, 1.807) is 48.6 Å².